The molecule has 5 heteroatoms. The number of nitrogens with zero attached hydrogens (tertiary/aromatic N) is 1. The van der Waals surface area contributed by atoms with Gasteiger partial charge in [-0.05, 0) is 29.7 Å². The van der Waals surface area contributed by atoms with Crippen LogP contribution in [0.2, 0.25) is 0 Å². The maximum absolute atomic E-state index is 13.3. The molecule has 4 unspecified atom stereocenters. The minimum Gasteiger partial charge on any atom is -0.460 e. The topological polar surface area (TPSA) is 55.8 Å². The maximum Gasteiger partial charge on any atom is 0.313 e. The summed E-state index contributed by atoms with van der Waals surface area (Å²) in [4.78, 5) is 28.0. The van der Waals surface area contributed by atoms with Gasteiger partial charge in [-0.2, -0.15) is 0 Å². The van der Waals surface area contributed by atoms with Gasteiger partial charge in [0.25, 0.3) is 0 Å². The highest BCUT2D eigenvalue weighted by atomic mass is 16.6. The van der Waals surface area contributed by atoms with Crippen LogP contribution in [-0.2, 0) is 32.1 Å². The van der Waals surface area contributed by atoms with Crippen molar-refractivity contribution in [3.05, 3.63) is 77.9 Å². The summed E-state index contributed by atoms with van der Waals surface area (Å²) in [5.74, 6) is -1.57. The second kappa shape index (κ2) is 6.85. The van der Waals surface area contributed by atoms with E-state index in [4.69, 9.17) is 9.47 Å². The van der Waals surface area contributed by atoms with Crippen molar-refractivity contribution in [2.24, 2.45) is 11.8 Å². The zero-order valence-electron chi connectivity index (χ0n) is 16.3. The van der Waals surface area contributed by atoms with E-state index < -0.39 is 23.5 Å². The van der Waals surface area contributed by atoms with Gasteiger partial charge in [-0.25, -0.2) is 0 Å². The van der Waals surface area contributed by atoms with E-state index in [1.165, 1.54) is 5.56 Å². The van der Waals surface area contributed by atoms with Gasteiger partial charge < -0.3 is 14.4 Å². The summed E-state index contributed by atoms with van der Waals surface area (Å²) < 4.78 is 11.7. The summed E-state index contributed by atoms with van der Waals surface area (Å²) in [7, 11) is 0. The van der Waals surface area contributed by atoms with Crippen molar-refractivity contribution >= 4 is 17.6 Å². The lowest BCUT2D eigenvalue weighted by Crippen LogP contribution is -2.40. The molecule has 2 aromatic carbocycles. The Morgan fingerprint density at radius 2 is 1.90 bits per heavy atom. The summed E-state index contributed by atoms with van der Waals surface area (Å²) >= 11 is 0. The maximum atomic E-state index is 13.3. The normalized spacial score (nSPS) is 29.3. The Bertz CT molecular complexity index is 968. The van der Waals surface area contributed by atoms with E-state index in [9.17, 15) is 9.59 Å². The van der Waals surface area contributed by atoms with Crippen LogP contribution >= 0.6 is 0 Å². The number of fused-ring (bicyclic) bond motifs is 1. The minimum absolute atomic E-state index is 0.0669. The van der Waals surface area contributed by atoms with Crippen molar-refractivity contribution in [2.75, 3.05) is 11.4 Å². The second-order valence-corrected chi connectivity index (χ2v) is 7.94. The Balaban J connectivity index is 1.37. The summed E-state index contributed by atoms with van der Waals surface area (Å²) in [5.41, 5.74) is 2.25. The number of carbonyl (C=O) groups is 2. The number of ether oxygens (including phenoxy) is 2. The summed E-state index contributed by atoms with van der Waals surface area (Å²) in [6.45, 7) is 2.72. The average Bonchev–Trinajstić information content (AvgIpc) is 3.41. The van der Waals surface area contributed by atoms with Crippen LogP contribution in [0.5, 0.6) is 0 Å². The van der Waals surface area contributed by atoms with Crippen molar-refractivity contribution in [3.8, 4) is 0 Å². The quantitative estimate of drug-likeness (QED) is 0.582. The molecule has 0 saturated carbocycles. The van der Waals surface area contributed by atoms with Gasteiger partial charge in [0.1, 0.15) is 18.1 Å². The molecule has 148 valence electrons. The van der Waals surface area contributed by atoms with E-state index in [0.29, 0.717) is 6.54 Å². The Morgan fingerprint density at radius 1 is 1.14 bits per heavy atom. The van der Waals surface area contributed by atoms with Crippen LogP contribution in [0.25, 0.3) is 0 Å². The van der Waals surface area contributed by atoms with Crippen LogP contribution in [0.4, 0.5) is 5.69 Å². The molecule has 2 fully saturated rings. The number of aryl methyl sites for hydroxylation is 1. The Morgan fingerprint density at radius 3 is 2.62 bits per heavy atom. The number of esters is 1. The van der Waals surface area contributed by atoms with Crippen LogP contribution in [0.3, 0.4) is 0 Å². The predicted molar refractivity (Wildman–Crippen MR) is 108 cm³/mol. The van der Waals surface area contributed by atoms with Crippen molar-refractivity contribution in [3.63, 3.8) is 0 Å². The fourth-order valence-corrected chi connectivity index (χ4v) is 4.72. The van der Waals surface area contributed by atoms with Gasteiger partial charge in [0, 0.05) is 5.69 Å². The van der Waals surface area contributed by atoms with Crippen LogP contribution in [0.15, 0.2) is 66.7 Å². The standard InChI is InChI=1S/C24H23NO4/c1-2-16-8-10-18(11-9-16)25-15-24-13-12-19(29-24)20(21(24)22(25)26)23(27)28-14-17-6-4-3-5-7-17/h3-13,19-21H,2,14-15H2,1H3. The molecule has 5 nitrogen and oxygen atoms in total. The largest absolute Gasteiger partial charge is 0.460 e. The fourth-order valence-electron chi connectivity index (χ4n) is 4.72. The highest BCUT2D eigenvalue weighted by Crippen LogP contribution is 2.52. The third-order valence-corrected chi connectivity index (χ3v) is 6.25. The molecule has 2 bridgehead atoms. The molecule has 2 saturated heterocycles. The number of hydrogen-bond donors (Lipinski definition) is 0. The smallest absolute Gasteiger partial charge is 0.313 e. The van der Waals surface area contributed by atoms with Crippen molar-refractivity contribution in [2.45, 2.75) is 31.7 Å². The van der Waals surface area contributed by atoms with Gasteiger partial charge in [-0.3, -0.25) is 9.59 Å². The number of benzene rings is 2. The monoisotopic (exact) mass is 389 g/mol. The highest BCUT2D eigenvalue weighted by molar-refractivity contribution is 6.02. The summed E-state index contributed by atoms with van der Waals surface area (Å²) in [6, 6.07) is 17.6. The van der Waals surface area contributed by atoms with E-state index in [0.717, 1.165) is 17.7 Å². The van der Waals surface area contributed by atoms with Gasteiger partial charge >= 0.3 is 5.97 Å². The Labute approximate surface area is 169 Å². The van der Waals surface area contributed by atoms with Crippen LogP contribution in [0, 0.1) is 11.8 Å². The molecule has 0 N–H and O–H groups in total. The first-order chi connectivity index (χ1) is 14.1. The molecule has 3 aliphatic rings. The van der Waals surface area contributed by atoms with E-state index in [1.807, 2.05) is 66.7 Å². The van der Waals surface area contributed by atoms with Gasteiger partial charge in [-0.15, -0.1) is 0 Å². The van der Waals surface area contributed by atoms with Crippen molar-refractivity contribution in [1.29, 1.82) is 0 Å². The molecule has 3 aliphatic heterocycles. The number of anilines is 1. The molecule has 2 aromatic rings. The molecule has 29 heavy (non-hydrogen) atoms. The highest BCUT2D eigenvalue weighted by Gasteiger charge is 2.67. The van der Waals surface area contributed by atoms with Gasteiger partial charge in [0.15, 0.2) is 0 Å². The number of amides is 1. The predicted octanol–water partition coefficient (Wildman–Crippen LogP) is 3.28. The van der Waals surface area contributed by atoms with Gasteiger partial charge in [0.2, 0.25) is 5.91 Å². The SMILES string of the molecule is CCc1ccc(N2CC34C=CC(O3)C(C(=O)OCc3ccccc3)C4C2=O)cc1. The zero-order chi connectivity index (χ0) is 20.0. The molecule has 1 amide bonds. The number of rotatable bonds is 5. The second-order valence-electron chi connectivity index (χ2n) is 7.94. The third kappa shape index (κ3) is 2.88. The Hall–Kier alpha value is -2.92. The lowest BCUT2D eigenvalue weighted by Gasteiger charge is -2.22. The summed E-state index contributed by atoms with van der Waals surface area (Å²) in [6.07, 6.45) is 4.42. The lowest BCUT2D eigenvalue weighted by atomic mass is 9.77. The molecular formula is C24H23NO4. The van der Waals surface area contributed by atoms with E-state index in [2.05, 4.69) is 6.92 Å². The van der Waals surface area contributed by atoms with Crippen molar-refractivity contribution in [1.82, 2.24) is 0 Å². The molecule has 5 rings (SSSR count). The molecule has 0 radical (unpaired) electrons. The molecule has 3 heterocycles. The lowest BCUT2D eigenvalue weighted by molar-refractivity contribution is -0.153. The average molecular weight is 389 g/mol. The molecular weight excluding hydrogens is 366 g/mol. The third-order valence-electron chi connectivity index (χ3n) is 6.25. The van der Waals surface area contributed by atoms with Crippen LogP contribution in [-0.4, -0.2) is 30.1 Å². The first kappa shape index (κ1) is 18.1. The summed E-state index contributed by atoms with van der Waals surface area (Å²) in [5, 5.41) is 0. The Kier molecular flexibility index (Phi) is 4.28. The van der Waals surface area contributed by atoms with Crippen molar-refractivity contribution < 1.29 is 19.1 Å². The molecule has 1 spiro atoms. The fraction of sp³-hybridized carbons (Fsp3) is 0.333. The minimum atomic E-state index is -0.735. The zero-order valence-corrected chi connectivity index (χ0v) is 16.3. The van der Waals surface area contributed by atoms with Gasteiger partial charge in [-0.1, -0.05) is 61.5 Å². The van der Waals surface area contributed by atoms with E-state index in [1.54, 1.807) is 4.90 Å². The van der Waals surface area contributed by atoms with E-state index >= 15 is 0 Å². The molecule has 4 atom stereocenters. The molecule has 0 aliphatic carbocycles. The molecule has 0 aromatic heterocycles. The number of hydrogen-bond acceptors (Lipinski definition) is 4. The van der Waals surface area contributed by atoms with Gasteiger partial charge in [0.05, 0.1) is 18.6 Å². The first-order valence-electron chi connectivity index (χ1n) is 10.1. The number of carbonyl (C=O) groups excluding carboxylic acids is 2. The van der Waals surface area contributed by atoms with E-state index in [-0.39, 0.29) is 18.5 Å². The van der Waals surface area contributed by atoms with Crippen LogP contribution in [0.1, 0.15) is 18.1 Å². The first-order valence-corrected chi connectivity index (χ1v) is 10.1. The van der Waals surface area contributed by atoms with Crippen LogP contribution < -0.4 is 4.90 Å².